The molecule has 0 rings (SSSR count). The van der Waals surface area contributed by atoms with Gasteiger partial charge in [-0.2, -0.15) is 0 Å². The summed E-state index contributed by atoms with van der Waals surface area (Å²) < 4.78 is 0. The Bertz CT molecular complexity index is 148. The molecule has 0 radical (unpaired) electrons. The Labute approximate surface area is 86.8 Å². The van der Waals surface area contributed by atoms with E-state index in [-0.39, 0.29) is 6.03 Å². The van der Waals surface area contributed by atoms with Crippen molar-refractivity contribution in [1.29, 1.82) is 0 Å². The van der Waals surface area contributed by atoms with Crippen LogP contribution in [0.3, 0.4) is 0 Å². The van der Waals surface area contributed by atoms with Crippen LogP contribution in [0.2, 0.25) is 0 Å². The largest absolute Gasteiger partial charge is 0.338 e. The molecule has 0 heterocycles. The maximum absolute atomic E-state index is 11.1. The molecule has 0 aliphatic heterocycles. The Morgan fingerprint density at radius 2 is 1.79 bits per heavy atom. The van der Waals surface area contributed by atoms with Crippen LogP contribution in [0.25, 0.3) is 0 Å². The molecule has 0 bridgehead atoms. The molecule has 0 aromatic heterocycles. The maximum atomic E-state index is 11.1. The second-order valence-electron chi connectivity index (χ2n) is 3.65. The summed E-state index contributed by atoms with van der Waals surface area (Å²) in [5.41, 5.74) is 0. The Kier molecular flexibility index (Phi) is 8.33. The first kappa shape index (κ1) is 13.2. The minimum Gasteiger partial charge on any atom is -0.338 e. The van der Waals surface area contributed by atoms with Gasteiger partial charge in [0.15, 0.2) is 0 Å². The first-order chi connectivity index (χ1) is 6.66. The van der Waals surface area contributed by atoms with E-state index in [1.54, 1.807) is 0 Å². The van der Waals surface area contributed by atoms with Crippen molar-refractivity contribution in [2.24, 2.45) is 0 Å². The number of carbonyl (C=O) groups is 1. The quantitative estimate of drug-likeness (QED) is 0.540. The molecule has 0 unspecified atom stereocenters. The maximum Gasteiger partial charge on any atom is 0.314 e. The zero-order valence-corrected chi connectivity index (χ0v) is 9.52. The molecule has 3 N–H and O–H groups in total. The van der Waals surface area contributed by atoms with Crippen molar-refractivity contribution in [2.75, 3.05) is 19.6 Å². The summed E-state index contributed by atoms with van der Waals surface area (Å²) in [6.45, 7) is 8.53. The van der Waals surface area contributed by atoms with Gasteiger partial charge in [-0.05, 0) is 6.42 Å². The molecule has 0 atom stereocenters. The molecule has 0 aliphatic rings. The number of urea groups is 1. The number of rotatable bonds is 7. The van der Waals surface area contributed by atoms with Gasteiger partial charge in [0.2, 0.25) is 0 Å². The number of hydrogen-bond acceptors (Lipinski definition) is 2. The highest BCUT2D eigenvalue weighted by Crippen LogP contribution is 1.81. The lowest BCUT2D eigenvalue weighted by Gasteiger charge is -2.09. The van der Waals surface area contributed by atoms with Crippen LogP contribution in [-0.2, 0) is 0 Å². The first-order valence-corrected chi connectivity index (χ1v) is 5.42. The number of hydrogen-bond donors (Lipinski definition) is 3. The molecule has 84 valence electrons. The predicted octanol–water partition coefficient (Wildman–Crippen LogP) is 1.08. The highest BCUT2D eigenvalue weighted by Gasteiger charge is 1.97. The van der Waals surface area contributed by atoms with Gasteiger partial charge in [0.1, 0.15) is 0 Å². The van der Waals surface area contributed by atoms with Crippen molar-refractivity contribution < 1.29 is 4.79 Å². The third kappa shape index (κ3) is 9.32. The monoisotopic (exact) mass is 201 g/mol. The van der Waals surface area contributed by atoms with Crippen LogP contribution in [0.15, 0.2) is 0 Å². The van der Waals surface area contributed by atoms with Gasteiger partial charge in [-0.3, -0.25) is 0 Å². The topological polar surface area (TPSA) is 53.2 Å². The van der Waals surface area contributed by atoms with Gasteiger partial charge in [-0.25, -0.2) is 4.79 Å². The van der Waals surface area contributed by atoms with E-state index in [1.807, 2.05) is 0 Å². The van der Waals surface area contributed by atoms with Gasteiger partial charge in [-0.15, -0.1) is 0 Å². The van der Waals surface area contributed by atoms with Crippen LogP contribution in [0.4, 0.5) is 4.79 Å². The van der Waals surface area contributed by atoms with E-state index in [0.29, 0.717) is 12.6 Å². The Morgan fingerprint density at radius 3 is 2.36 bits per heavy atom. The summed E-state index contributed by atoms with van der Waals surface area (Å²) in [6, 6.07) is 0.406. The van der Waals surface area contributed by atoms with Crippen LogP contribution in [0.5, 0.6) is 0 Å². The predicted molar refractivity (Wildman–Crippen MR) is 59.4 cm³/mol. The second kappa shape index (κ2) is 8.81. The summed E-state index contributed by atoms with van der Waals surface area (Å²) >= 11 is 0. The number of amides is 2. The molecule has 4 nitrogen and oxygen atoms in total. The van der Waals surface area contributed by atoms with Crippen LogP contribution in [0.1, 0.15) is 33.6 Å². The van der Waals surface area contributed by atoms with Crippen molar-refractivity contribution in [2.45, 2.75) is 39.7 Å². The molecule has 4 heteroatoms. The summed E-state index contributed by atoms with van der Waals surface area (Å²) in [7, 11) is 0. The van der Waals surface area contributed by atoms with Crippen molar-refractivity contribution in [3.63, 3.8) is 0 Å². The number of carbonyl (C=O) groups excluding carboxylic acids is 1. The van der Waals surface area contributed by atoms with E-state index in [0.717, 1.165) is 25.9 Å². The molecular weight excluding hydrogens is 178 g/mol. The van der Waals surface area contributed by atoms with E-state index in [9.17, 15) is 4.79 Å². The van der Waals surface area contributed by atoms with Crippen LogP contribution in [0, 0.1) is 0 Å². The van der Waals surface area contributed by atoms with Gasteiger partial charge >= 0.3 is 6.03 Å². The molecule has 0 saturated heterocycles. The van der Waals surface area contributed by atoms with E-state index in [4.69, 9.17) is 0 Å². The molecule has 2 amide bonds. The molecular formula is C10H23N3O. The zero-order valence-electron chi connectivity index (χ0n) is 9.52. The van der Waals surface area contributed by atoms with E-state index in [1.165, 1.54) is 0 Å². The fourth-order valence-electron chi connectivity index (χ4n) is 0.978. The molecule has 0 fully saturated rings. The first-order valence-electron chi connectivity index (χ1n) is 5.42. The normalized spacial score (nSPS) is 10.3. The third-order valence-corrected chi connectivity index (χ3v) is 1.78. The lowest BCUT2D eigenvalue weighted by atomic mass is 10.3. The molecule has 0 spiro atoms. The van der Waals surface area contributed by atoms with Crippen LogP contribution in [-0.4, -0.2) is 31.7 Å². The zero-order chi connectivity index (χ0) is 10.8. The minimum atomic E-state index is -0.0657. The number of unbranched alkanes of at least 4 members (excludes halogenated alkanes) is 1. The Morgan fingerprint density at radius 1 is 1.14 bits per heavy atom. The molecule has 0 aliphatic carbocycles. The third-order valence-electron chi connectivity index (χ3n) is 1.78. The average molecular weight is 201 g/mol. The lowest BCUT2D eigenvalue weighted by molar-refractivity contribution is 0.240. The SMILES string of the molecule is CCCCNC(=O)NCCNC(C)C. The summed E-state index contributed by atoms with van der Waals surface area (Å²) in [6.07, 6.45) is 2.15. The van der Waals surface area contributed by atoms with Gasteiger partial charge < -0.3 is 16.0 Å². The van der Waals surface area contributed by atoms with Gasteiger partial charge in [0, 0.05) is 25.7 Å². The fourth-order valence-corrected chi connectivity index (χ4v) is 0.978. The second-order valence-corrected chi connectivity index (χ2v) is 3.65. The number of nitrogens with one attached hydrogen (secondary N) is 3. The van der Waals surface area contributed by atoms with E-state index in [2.05, 4.69) is 36.7 Å². The molecule has 0 saturated carbocycles. The highest BCUT2D eigenvalue weighted by atomic mass is 16.2. The fraction of sp³-hybridized carbons (Fsp3) is 0.900. The average Bonchev–Trinajstić information content (AvgIpc) is 2.13. The molecule has 14 heavy (non-hydrogen) atoms. The summed E-state index contributed by atoms with van der Waals surface area (Å²) in [5.74, 6) is 0. The highest BCUT2D eigenvalue weighted by molar-refractivity contribution is 5.73. The summed E-state index contributed by atoms with van der Waals surface area (Å²) in [5, 5.41) is 8.80. The lowest BCUT2D eigenvalue weighted by Crippen LogP contribution is -2.40. The van der Waals surface area contributed by atoms with Gasteiger partial charge in [0.25, 0.3) is 0 Å². The molecule has 0 aromatic rings. The van der Waals surface area contributed by atoms with Crippen molar-refractivity contribution in [1.82, 2.24) is 16.0 Å². The summed E-state index contributed by atoms with van der Waals surface area (Å²) in [4.78, 5) is 11.1. The van der Waals surface area contributed by atoms with Crippen molar-refractivity contribution >= 4 is 6.03 Å². The smallest absolute Gasteiger partial charge is 0.314 e. The standard InChI is InChI=1S/C10H23N3O/c1-4-5-6-12-10(14)13-8-7-11-9(2)3/h9,11H,4-8H2,1-3H3,(H2,12,13,14). The molecule has 0 aromatic carbocycles. The van der Waals surface area contributed by atoms with Crippen LogP contribution < -0.4 is 16.0 Å². The Balaban J connectivity index is 3.18. The van der Waals surface area contributed by atoms with Gasteiger partial charge in [0.05, 0.1) is 0 Å². The minimum absolute atomic E-state index is 0.0657. The van der Waals surface area contributed by atoms with Crippen molar-refractivity contribution in [3.8, 4) is 0 Å². The van der Waals surface area contributed by atoms with E-state index >= 15 is 0 Å². The van der Waals surface area contributed by atoms with Crippen LogP contribution >= 0.6 is 0 Å². The van der Waals surface area contributed by atoms with E-state index < -0.39 is 0 Å². The van der Waals surface area contributed by atoms with Gasteiger partial charge in [-0.1, -0.05) is 27.2 Å². The van der Waals surface area contributed by atoms with Crippen molar-refractivity contribution in [3.05, 3.63) is 0 Å². The Hall–Kier alpha value is -0.770.